The molecule has 0 spiro atoms. The first-order chi connectivity index (χ1) is 6.20. The van der Waals surface area contributed by atoms with E-state index in [2.05, 4.69) is 27.0 Å². The Bertz CT molecular complexity index is 152. The average Bonchev–Trinajstić information content (AvgIpc) is 2.40. The number of thioether (sulfide) groups is 1. The van der Waals surface area contributed by atoms with E-state index in [9.17, 15) is 0 Å². The highest BCUT2D eigenvalue weighted by Gasteiger charge is 2.39. The molecule has 0 aromatic heterocycles. The van der Waals surface area contributed by atoms with Crippen molar-refractivity contribution in [2.75, 3.05) is 12.2 Å². The highest BCUT2D eigenvalue weighted by atomic mass is 32.2. The summed E-state index contributed by atoms with van der Waals surface area (Å²) in [6.45, 7) is 6.51. The van der Waals surface area contributed by atoms with Gasteiger partial charge in [-0.05, 0) is 19.6 Å². The average molecular weight is 204 g/mol. The first kappa shape index (κ1) is 11.3. The molecule has 1 saturated heterocycles. The van der Waals surface area contributed by atoms with Crippen LogP contribution < -0.4 is 0 Å². The molecule has 3 heteroatoms. The van der Waals surface area contributed by atoms with Crippen molar-refractivity contribution in [3.8, 4) is 0 Å². The van der Waals surface area contributed by atoms with Gasteiger partial charge >= 0.3 is 0 Å². The topological polar surface area (TPSA) is 18.5 Å². The molecule has 13 heavy (non-hydrogen) atoms. The van der Waals surface area contributed by atoms with Crippen molar-refractivity contribution in [3.63, 3.8) is 0 Å². The minimum atomic E-state index is 0.299. The lowest BCUT2D eigenvalue weighted by Crippen LogP contribution is -2.28. The number of rotatable bonds is 4. The van der Waals surface area contributed by atoms with Crippen LogP contribution >= 0.6 is 11.8 Å². The first-order valence-electron chi connectivity index (χ1n) is 4.96. The number of hydrogen-bond donors (Lipinski definition) is 0. The maximum Gasteiger partial charge on any atom is 0.0923 e. The van der Waals surface area contributed by atoms with E-state index in [0.717, 1.165) is 12.4 Å². The van der Waals surface area contributed by atoms with E-state index in [0.29, 0.717) is 24.2 Å². The van der Waals surface area contributed by atoms with Gasteiger partial charge in [0.05, 0.1) is 24.3 Å². The second-order valence-corrected chi connectivity index (χ2v) is 4.50. The lowest BCUT2D eigenvalue weighted by atomic mass is 9.98. The summed E-state index contributed by atoms with van der Waals surface area (Å²) in [4.78, 5) is 0. The van der Waals surface area contributed by atoms with Crippen LogP contribution in [0.3, 0.4) is 0 Å². The zero-order valence-corrected chi connectivity index (χ0v) is 9.76. The molecule has 1 heterocycles. The summed E-state index contributed by atoms with van der Waals surface area (Å²) in [5.74, 6) is 1.30. The highest BCUT2D eigenvalue weighted by Crippen LogP contribution is 2.30. The summed E-state index contributed by atoms with van der Waals surface area (Å²) in [7, 11) is 0. The molecule has 0 radical (unpaired) electrons. The van der Waals surface area contributed by atoms with E-state index in [-0.39, 0.29) is 0 Å². The van der Waals surface area contributed by atoms with Gasteiger partial charge in [-0.3, -0.25) is 0 Å². The fourth-order valence-electron chi connectivity index (χ4n) is 1.82. The van der Waals surface area contributed by atoms with Crippen LogP contribution in [0.5, 0.6) is 0 Å². The summed E-state index contributed by atoms with van der Waals surface area (Å²) in [5.41, 5.74) is 0. The summed E-state index contributed by atoms with van der Waals surface area (Å²) in [5, 5.41) is 0. The van der Waals surface area contributed by atoms with Gasteiger partial charge in [0.15, 0.2) is 0 Å². The maximum atomic E-state index is 5.80. The Balaban J connectivity index is 2.47. The third-order valence-electron chi connectivity index (χ3n) is 2.80. The molecule has 1 unspecified atom stereocenters. The van der Waals surface area contributed by atoms with Crippen LogP contribution in [-0.2, 0) is 9.47 Å². The van der Waals surface area contributed by atoms with Gasteiger partial charge in [0, 0.05) is 5.92 Å². The van der Waals surface area contributed by atoms with Gasteiger partial charge in [-0.2, -0.15) is 0 Å². The van der Waals surface area contributed by atoms with E-state index in [4.69, 9.17) is 9.47 Å². The molecule has 1 fully saturated rings. The van der Waals surface area contributed by atoms with E-state index in [1.54, 1.807) is 11.8 Å². The minimum Gasteiger partial charge on any atom is -0.372 e. The fourth-order valence-corrected chi connectivity index (χ4v) is 2.11. The van der Waals surface area contributed by atoms with E-state index >= 15 is 0 Å². The largest absolute Gasteiger partial charge is 0.372 e. The summed E-state index contributed by atoms with van der Waals surface area (Å²) >= 11 is 1.73. The standard InChI is InChI=1S/C10H20O2S/c1-5-9-10(11-6-13-4)7(2)8(3)12-9/h7-10H,5-6H2,1-4H3/t7-,8+,9-,10?/m1/s1. The lowest BCUT2D eigenvalue weighted by Gasteiger charge is -2.19. The van der Waals surface area contributed by atoms with Crippen molar-refractivity contribution in [2.24, 2.45) is 5.92 Å². The molecule has 1 rings (SSSR count). The molecule has 78 valence electrons. The molecule has 2 nitrogen and oxygen atoms in total. The monoisotopic (exact) mass is 204 g/mol. The summed E-state index contributed by atoms with van der Waals surface area (Å²) in [6.07, 6.45) is 4.06. The molecule has 1 aliphatic heterocycles. The Labute approximate surface area is 85.4 Å². The Morgan fingerprint density at radius 2 is 2.08 bits per heavy atom. The van der Waals surface area contributed by atoms with E-state index < -0.39 is 0 Å². The molecule has 0 bridgehead atoms. The quantitative estimate of drug-likeness (QED) is 0.656. The summed E-state index contributed by atoms with van der Waals surface area (Å²) < 4.78 is 11.6. The van der Waals surface area contributed by atoms with Crippen molar-refractivity contribution in [3.05, 3.63) is 0 Å². The van der Waals surface area contributed by atoms with Crippen LogP contribution in [0.1, 0.15) is 27.2 Å². The molecule has 0 N–H and O–H groups in total. The second-order valence-electron chi connectivity index (χ2n) is 3.68. The van der Waals surface area contributed by atoms with E-state index in [1.165, 1.54) is 0 Å². The third-order valence-corrected chi connectivity index (χ3v) is 3.17. The molecule has 0 aliphatic carbocycles. The van der Waals surface area contributed by atoms with Crippen molar-refractivity contribution in [2.45, 2.75) is 45.5 Å². The van der Waals surface area contributed by atoms with Crippen LogP contribution in [-0.4, -0.2) is 30.5 Å². The third kappa shape index (κ3) is 2.61. The lowest BCUT2D eigenvalue weighted by molar-refractivity contribution is -0.00812. The van der Waals surface area contributed by atoms with Crippen molar-refractivity contribution in [1.82, 2.24) is 0 Å². The van der Waals surface area contributed by atoms with Gasteiger partial charge in [-0.1, -0.05) is 13.8 Å². The van der Waals surface area contributed by atoms with Crippen LogP contribution in [0, 0.1) is 5.92 Å². The van der Waals surface area contributed by atoms with Crippen LogP contribution in [0.15, 0.2) is 0 Å². The number of ether oxygens (including phenoxy) is 2. The van der Waals surface area contributed by atoms with Crippen LogP contribution in [0.4, 0.5) is 0 Å². The number of hydrogen-bond acceptors (Lipinski definition) is 3. The molecule has 0 aromatic rings. The van der Waals surface area contributed by atoms with E-state index in [1.807, 2.05) is 0 Å². The first-order valence-corrected chi connectivity index (χ1v) is 6.36. The van der Waals surface area contributed by atoms with Gasteiger partial charge in [0.25, 0.3) is 0 Å². The Morgan fingerprint density at radius 1 is 1.38 bits per heavy atom. The van der Waals surface area contributed by atoms with Crippen LogP contribution in [0.2, 0.25) is 0 Å². The van der Waals surface area contributed by atoms with Crippen molar-refractivity contribution in [1.29, 1.82) is 0 Å². The SMILES string of the molecule is CC[C@H]1O[C@@H](C)[C@@H](C)C1OCSC. The predicted octanol–water partition coefficient (Wildman–Crippen LogP) is 2.53. The Hall–Kier alpha value is 0.270. The molecule has 1 aliphatic rings. The smallest absolute Gasteiger partial charge is 0.0923 e. The van der Waals surface area contributed by atoms with Gasteiger partial charge in [0.2, 0.25) is 0 Å². The van der Waals surface area contributed by atoms with Gasteiger partial charge in [-0.15, -0.1) is 11.8 Å². The van der Waals surface area contributed by atoms with Crippen molar-refractivity contribution < 1.29 is 9.47 Å². The molecule has 0 saturated carbocycles. The summed E-state index contributed by atoms with van der Waals surface area (Å²) in [6, 6.07) is 0. The normalized spacial score (nSPS) is 39.7. The zero-order chi connectivity index (χ0) is 9.84. The molecule has 0 aromatic carbocycles. The fraction of sp³-hybridized carbons (Fsp3) is 1.00. The van der Waals surface area contributed by atoms with Crippen molar-refractivity contribution >= 4 is 11.8 Å². The van der Waals surface area contributed by atoms with Crippen LogP contribution in [0.25, 0.3) is 0 Å². The minimum absolute atomic E-state index is 0.299. The predicted molar refractivity (Wildman–Crippen MR) is 57.0 cm³/mol. The second kappa shape index (κ2) is 5.23. The van der Waals surface area contributed by atoms with Gasteiger partial charge in [-0.25, -0.2) is 0 Å². The maximum absolute atomic E-state index is 5.80. The molecule has 4 atom stereocenters. The Kier molecular flexibility index (Phi) is 4.56. The highest BCUT2D eigenvalue weighted by molar-refractivity contribution is 7.98. The molecule has 0 amide bonds. The van der Waals surface area contributed by atoms with Gasteiger partial charge < -0.3 is 9.47 Å². The van der Waals surface area contributed by atoms with Gasteiger partial charge in [0.1, 0.15) is 0 Å². The zero-order valence-electron chi connectivity index (χ0n) is 8.95. The molecular weight excluding hydrogens is 184 g/mol. The Morgan fingerprint density at radius 3 is 2.62 bits per heavy atom. The molecular formula is C10H20O2S.